The van der Waals surface area contributed by atoms with E-state index in [0.717, 1.165) is 37.1 Å². The summed E-state index contributed by atoms with van der Waals surface area (Å²) in [7, 11) is 0. The fourth-order valence-corrected chi connectivity index (χ4v) is 7.32. The van der Waals surface area contributed by atoms with Crippen LogP contribution in [0.25, 0.3) is 22.3 Å². The van der Waals surface area contributed by atoms with Crippen molar-refractivity contribution in [2.75, 3.05) is 0 Å². The summed E-state index contributed by atoms with van der Waals surface area (Å²) in [5, 5.41) is 0.769. The van der Waals surface area contributed by atoms with Crippen molar-refractivity contribution in [3.8, 4) is 11.1 Å². The lowest BCUT2D eigenvalue weighted by atomic mass is 9.63. The Morgan fingerprint density at radius 1 is 0.737 bits per heavy atom. The van der Waals surface area contributed by atoms with Gasteiger partial charge in [0.15, 0.2) is 0 Å². The highest BCUT2D eigenvalue weighted by atomic mass is 35.5. The molecule has 0 radical (unpaired) electrons. The molecule has 0 amide bonds. The zero-order chi connectivity index (χ0) is 25.7. The third-order valence-corrected chi connectivity index (χ3v) is 8.93. The summed E-state index contributed by atoms with van der Waals surface area (Å²) < 4.78 is 0. The molecular formula is C37H31Cl. The minimum atomic E-state index is -0.189. The van der Waals surface area contributed by atoms with Crippen LogP contribution in [0.15, 0.2) is 132 Å². The van der Waals surface area contributed by atoms with Gasteiger partial charge < -0.3 is 0 Å². The van der Waals surface area contributed by atoms with Gasteiger partial charge in [0.2, 0.25) is 0 Å². The lowest BCUT2D eigenvalue weighted by Crippen LogP contribution is -2.30. The van der Waals surface area contributed by atoms with E-state index in [0.29, 0.717) is 0 Å². The second-order valence-electron chi connectivity index (χ2n) is 10.6. The third-order valence-electron chi connectivity index (χ3n) is 8.67. The van der Waals surface area contributed by atoms with Crippen LogP contribution in [-0.2, 0) is 5.41 Å². The molecule has 4 aliphatic carbocycles. The molecule has 0 aromatic heterocycles. The van der Waals surface area contributed by atoms with E-state index < -0.39 is 0 Å². The van der Waals surface area contributed by atoms with Crippen LogP contribution < -0.4 is 0 Å². The molecule has 0 saturated heterocycles. The topological polar surface area (TPSA) is 0 Å². The molecule has 0 fully saturated rings. The van der Waals surface area contributed by atoms with Crippen molar-refractivity contribution in [2.45, 2.75) is 44.4 Å². The van der Waals surface area contributed by atoms with Crippen LogP contribution >= 0.6 is 11.6 Å². The van der Waals surface area contributed by atoms with E-state index in [1.807, 2.05) is 12.1 Å². The van der Waals surface area contributed by atoms with E-state index in [-0.39, 0.29) is 5.41 Å². The maximum absolute atomic E-state index is 6.16. The Morgan fingerprint density at radius 2 is 1.34 bits per heavy atom. The number of allylic oxidation sites excluding steroid dienone is 12. The molecule has 0 N–H and O–H groups in total. The Labute approximate surface area is 231 Å². The minimum absolute atomic E-state index is 0.189. The van der Waals surface area contributed by atoms with Gasteiger partial charge in [0.05, 0.1) is 5.41 Å². The smallest absolute Gasteiger partial charge is 0.0657 e. The Bertz CT molecular complexity index is 1620. The molecule has 0 bridgehead atoms. The predicted molar refractivity (Wildman–Crippen MR) is 162 cm³/mol. The Balaban J connectivity index is 1.51. The summed E-state index contributed by atoms with van der Waals surface area (Å²) in [4.78, 5) is 0. The van der Waals surface area contributed by atoms with Crippen molar-refractivity contribution in [1.82, 2.24) is 0 Å². The zero-order valence-electron chi connectivity index (χ0n) is 21.8. The van der Waals surface area contributed by atoms with Crippen LogP contribution in [0.1, 0.15) is 55.7 Å². The number of hydrogen-bond donors (Lipinski definition) is 0. The molecule has 3 aromatic carbocycles. The normalized spacial score (nSPS) is 21.6. The molecule has 1 unspecified atom stereocenters. The van der Waals surface area contributed by atoms with Gasteiger partial charge in [-0.3, -0.25) is 0 Å². The first-order valence-corrected chi connectivity index (χ1v) is 14.3. The van der Waals surface area contributed by atoms with Crippen LogP contribution in [-0.4, -0.2) is 0 Å². The van der Waals surface area contributed by atoms with Crippen LogP contribution in [0.2, 0.25) is 5.02 Å². The van der Waals surface area contributed by atoms with Gasteiger partial charge >= 0.3 is 0 Å². The second kappa shape index (κ2) is 9.29. The van der Waals surface area contributed by atoms with Crippen molar-refractivity contribution < 1.29 is 0 Å². The molecule has 4 aliphatic rings. The van der Waals surface area contributed by atoms with Gasteiger partial charge in [-0.05, 0) is 105 Å². The summed E-state index contributed by atoms with van der Waals surface area (Å²) in [5.41, 5.74) is 15.4. The molecule has 0 nitrogen and oxygen atoms in total. The minimum Gasteiger partial charge on any atom is -0.0843 e. The SMILES string of the molecule is CC/C=C\C1=C(c2ccc(-c3ccc(Cl)cc3)cc2)C2(C3=C1C=CCC3)C1=C(C=CCC1)c1ccccc12. The third kappa shape index (κ3) is 3.36. The van der Waals surface area contributed by atoms with Gasteiger partial charge in [-0.15, -0.1) is 0 Å². The van der Waals surface area contributed by atoms with Crippen LogP contribution in [0.4, 0.5) is 0 Å². The highest BCUT2D eigenvalue weighted by Crippen LogP contribution is 2.66. The summed E-state index contributed by atoms with van der Waals surface area (Å²) in [6.07, 6.45) is 19.7. The fraction of sp³-hybridized carbons (Fsp3) is 0.189. The molecule has 0 saturated carbocycles. The molecule has 38 heavy (non-hydrogen) atoms. The molecule has 0 heterocycles. The highest BCUT2D eigenvalue weighted by Gasteiger charge is 2.54. The molecule has 1 heteroatoms. The molecule has 1 atom stereocenters. The largest absolute Gasteiger partial charge is 0.0843 e. The van der Waals surface area contributed by atoms with Crippen LogP contribution in [0.5, 0.6) is 0 Å². The molecule has 1 spiro atoms. The standard InChI is InChI=1S/C37H31Cl/c1-2-3-10-32-31-13-6-9-16-35(31)37(33-14-7-4-11-29(33)30-12-5-8-15-34(30)37)36(32)27-19-17-25(18-20-27)26-21-23-28(38)24-22-26/h3-7,10-14,17-24H,2,8-9,15-16H2,1H3/b10-3-. The fourth-order valence-electron chi connectivity index (χ4n) is 7.19. The number of benzene rings is 3. The Hall–Kier alpha value is -3.61. The molecule has 0 aliphatic heterocycles. The number of rotatable bonds is 4. The van der Waals surface area contributed by atoms with Crippen LogP contribution in [0, 0.1) is 0 Å². The maximum atomic E-state index is 6.16. The van der Waals surface area contributed by atoms with Crippen molar-refractivity contribution in [3.05, 3.63) is 153 Å². The first-order chi connectivity index (χ1) is 18.7. The number of hydrogen-bond acceptors (Lipinski definition) is 0. The van der Waals surface area contributed by atoms with Gasteiger partial charge in [-0.1, -0.05) is 116 Å². The molecule has 3 aromatic rings. The summed E-state index contributed by atoms with van der Waals surface area (Å²) in [6.45, 7) is 2.23. The van der Waals surface area contributed by atoms with Gasteiger partial charge in [-0.25, -0.2) is 0 Å². The lowest BCUT2D eigenvalue weighted by Gasteiger charge is -2.38. The zero-order valence-corrected chi connectivity index (χ0v) is 22.6. The van der Waals surface area contributed by atoms with Crippen molar-refractivity contribution in [3.63, 3.8) is 0 Å². The number of halogens is 1. The van der Waals surface area contributed by atoms with Crippen molar-refractivity contribution >= 4 is 22.7 Å². The van der Waals surface area contributed by atoms with E-state index in [9.17, 15) is 0 Å². The summed E-state index contributed by atoms with van der Waals surface area (Å²) in [5.74, 6) is 0. The van der Waals surface area contributed by atoms with E-state index in [1.165, 1.54) is 50.1 Å². The lowest BCUT2D eigenvalue weighted by molar-refractivity contribution is 0.688. The van der Waals surface area contributed by atoms with Crippen molar-refractivity contribution in [2.24, 2.45) is 0 Å². The Kier molecular flexibility index (Phi) is 5.75. The van der Waals surface area contributed by atoms with E-state index >= 15 is 0 Å². The van der Waals surface area contributed by atoms with Gasteiger partial charge in [0.25, 0.3) is 0 Å². The quantitative estimate of drug-likeness (QED) is 0.327. The first kappa shape index (κ1) is 23.5. The van der Waals surface area contributed by atoms with Crippen LogP contribution in [0.3, 0.4) is 0 Å². The maximum Gasteiger partial charge on any atom is 0.0657 e. The first-order valence-electron chi connectivity index (χ1n) is 13.9. The molecule has 186 valence electrons. The van der Waals surface area contributed by atoms with E-state index in [2.05, 4.69) is 104 Å². The monoisotopic (exact) mass is 510 g/mol. The summed E-state index contributed by atoms with van der Waals surface area (Å²) in [6, 6.07) is 26.6. The predicted octanol–water partition coefficient (Wildman–Crippen LogP) is 10.4. The van der Waals surface area contributed by atoms with Gasteiger partial charge in [0.1, 0.15) is 0 Å². The van der Waals surface area contributed by atoms with E-state index in [1.54, 1.807) is 11.1 Å². The number of fused-ring (bicyclic) bond motifs is 5. The second-order valence-corrected chi connectivity index (χ2v) is 11.1. The molecular weight excluding hydrogens is 480 g/mol. The average Bonchev–Trinajstić information content (AvgIpc) is 3.43. The van der Waals surface area contributed by atoms with E-state index in [4.69, 9.17) is 11.6 Å². The highest BCUT2D eigenvalue weighted by molar-refractivity contribution is 6.30. The van der Waals surface area contributed by atoms with Gasteiger partial charge in [-0.2, -0.15) is 0 Å². The Morgan fingerprint density at radius 3 is 2.05 bits per heavy atom. The molecule has 7 rings (SSSR count). The average molecular weight is 511 g/mol. The summed E-state index contributed by atoms with van der Waals surface area (Å²) >= 11 is 6.16. The van der Waals surface area contributed by atoms with Gasteiger partial charge in [0, 0.05) is 5.02 Å². The van der Waals surface area contributed by atoms with Crippen molar-refractivity contribution in [1.29, 1.82) is 0 Å².